The number of likely N-dealkylation sites (N-methyl/N-ethyl adjacent to an activating group) is 1. The van der Waals surface area contributed by atoms with Crippen LogP contribution in [0.25, 0.3) is 0 Å². The molecule has 2 rings (SSSR count). The maximum Gasteiger partial charge on any atom is 0.0694 e. The van der Waals surface area contributed by atoms with Crippen molar-refractivity contribution < 1.29 is 4.74 Å². The number of rotatable bonds is 7. The second-order valence-electron chi connectivity index (χ2n) is 5.72. The maximum atomic E-state index is 6.37. The molecule has 0 saturated carbocycles. The van der Waals surface area contributed by atoms with Crippen LogP contribution in [-0.2, 0) is 11.3 Å². The van der Waals surface area contributed by atoms with Crippen LogP contribution in [0.3, 0.4) is 0 Å². The first-order chi connectivity index (χ1) is 9.58. The number of aromatic nitrogens is 2. The third-order valence-electron chi connectivity index (χ3n) is 3.77. The van der Waals surface area contributed by atoms with Crippen molar-refractivity contribution >= 4 is 15.9 Å². The maximum absolute atomic E-state index is 6.37. The molecule has 1 fully saturated rings. The van der Waals surface area contributed by atoms with Gasteiger partial charge in [-0.25, -0.2) is 0 Å². The van der Waals surface area contributed by atoms with E-state index in [-0.39, 0.29) is 6.04 Å². The van der Waals surface area contributed by atoms with E-state index in [2.05, 4.69) is 40.0 Å². The Kier molecular flexibility index (Phi) is 6.01. The van der Waals surface area contributed by atoms with Crippen molar-refractivity contribution in [2.75, 3.05) is 27.2 Å². The fraction of sp³-hybridized carbons (Fsp3) is 0.786. The second kappa shape index (κ2) is 7.54. The summed E-state index contributed by atoms with van der Waals surface area (Å²) in [4.78, 5) is 2.15. The van der Waals surface area contributed by atoms with Gasteiger partial charge in [-0.2, -0.15) is 5.10 Å². The van der Waals surface area contributed by atoms with Crippen LogP contribution in [0.1, 0.15) is 37.4 Å². The zero-order chi connectivity index (χ0) is 14.5. The normalized spacial score (nSPS) is 20.8. The Labute approximate surface area is 129 Å². The topological polar surface area (TPSA) is 56.3 Å². The van der Waals surface area contributed by atoms with E-state index in [1.54, 1.807) is 0 Å². The van der Waals surface area contributed by atoms with Gasteiger partial charge in [0.15, 0.2) is 0 Å². The van der Waals surface area contributed by atoms with E-state index in [4.69, 9.17) is 10.5 Å². The Morgan fingerprint density at radius 2 is 2.40 bits per heavy atom. The van der Waals surface area contributed by atoms with Crippen molar-refractivity contribution in [3.63, 3.8) is 0 Å². The van der Waals surface area contributed by atoms with Crippen LogP contribution in [0.4, 0.5) is 0 Å². The Morgan fingerprint density at radius 1 is 1.60 bits per heavy atom. The summed E-state index contributed by atoms with van der Waals surface area (Å²) in [6.45, 7) is 2.73. The van der Waals surface area contributed by atoms with Crippen molar-refractivity contribution in [2.24, 2.45) is 5.73 Å². The molecule has 0 aromatic carbocycles. The minimum atomic E-state index is 0.0123. The van der Waals surface area contributed by atoms with E-state index in [0.717, 1.165) is 42.7 Å². The summed E-state index contributed by atoms with van der Waals surface area (Å²) in [5.74, 6) is 0. The third kappa shape index (κ3) is 4.28. The monoisotopic (exact) mass is 344 g/mol. The standard InChI is InChI=1S/C14H25BrN4O/c1-18(2)7-8-19-14(12(15)10-17-19)13(16)6-5-11-4-3-9-20-11/h10-11,13H,3-9,16H2,1-2H3. The van der Waals surface area contributed by atoms with E-state index in [1.807, 2.05) is 10.9 Å². The minimum Gasteiger partial charge on any atom is -0.378 e. The molecule has 5 nitrogen and oxygen atoms in total. The summed E-state index contributed by atoms with van der Waals surface area (Å²) in [6.07, 6.45) is 6.58. The summed E-state index contributed by atoms with van der Waals surface area (Å²) in [6, 6.07) is 0.0123. The molecule has 2 N–H and O–H groups in total. The number of ether oxygens (including phenoxy) is 1. The lowest BCUT2D eigenvalue weighted by molar-refractivity contribution is 0.100. The molecule has 2 atom stereocenters. The summed E-state index contributed by atoms with van der Waals surface area (Å²) >= 11 is 3.57. The van der Waals surface area contributed by atoms with Gasteiger partial charge in [0, 0.05) is 19.2 Å². The van der Waals surface area contributed by atoms with Gasteiger partial charge in [-0.05, 0) is 55.7 Å². The fourth-order valence-electron chi connectivity index (χ4n) is 2.59. The van der Waals surface area contributed by atoms with Crippen LogP contribution in [0.5, 0.6) is 0 Å². The van der Waals surface area contributed by atoms with Gasteiger partial charge in [0.1, 0.15) is 0 Å². The van der Waals surface area contributed by atoms with Crippen LogP contribution in [0, 0.1) is 0 Å². The molecule has 2 heterocycles. The highest BCUT2D eigenvalue weighted by molar-refractivity contribution is 9.10. The van der Waals surface area contributed by atoms with E-state index in [0.29, 0.717) is 6.10 Å². The number of hydrogen-bond acceptors (Lipinski definition) is 4. The molecule has 1 aliphatic heterocycles. The molecule has 114 valence electrons. The summed E-state index contributed by atoms with van der Waals surface area (Å²) < 4.78 is 8.69. The summed E-state index contributed by atoms with van der Waals surface area (Å²) in [5.41, 5.74) is 7.47. The molecule has 0 amide bonds. The number of hydrogen-bond donors (Lipinski definition) is 1. The molecular formula is C14H25BrN4O. The lowest BCUT2D eigenvalue weighted by Gasteiger charge is -2.18. The Balaban J connectivity index is 1.93. The molecule has 0 aliphatic carbocycles. The molecule has 1 aliphatic rings. The molecule has 0 spiro atoms. The number of nitrogens with zero attached hydrogens (tertiary/aromatic N) is 3. The zero-order valence-corrected chi connectivity index (χ0v) is 14.0. The van der Waals surface area contributed by atoms with Crippen molar-refractivity contribution in [2.45, 2.75) is 44.4 Å². The molecule has 1 aromatic rings. The van der Waals surface area contributed by atoms with Crippen LogP contribution >= 0.6 is 15.9 Å². The average molecular weight is 345 g/mol. The average Bonchev–Trinajstić information content (AvgIpc) is 3.03. The van der Waals surface area contributed by atoms with Crippen molar-refractivity contribution in [1.29, 1.82) is 0 Å². The smallest absolute Gasteiger partial charge is 0.0694 e. The van der Waals surface area contributed by atoms with E-state index < -0.39 is 0 Å². The fourth-order valence-corrected chi connectivity index (χ4v) is 3.18. The first-order valence-electron chi connectivity index (χ1n) is 7.31. The van der Waals surface area contributed by atoms with E-state index >= 15 is 0 Å². The number of nitrogens with two attached hydrogens (primary N) is 1. The first kappa shape index (κ1) is 15.9. The largest absolute Gasteiger partial charge is 0.378 e. The molecule has 2 unspecified atom stereocenters. The molecule has 0 bridgehead atoms. The van der Waals surface area contributed by atoms with E-state index in [1.165, 1.54) is 12.8 Å². The third-order valence-corrected chi connectivity index (χ3v) is 4.38. The lowest BCUT2D eigenvalue weighted by atomic mass is 10.0. The van der Waals surface area contributed by atoms with Crippen LogP contribution in [0.15, 0.2) is 10.7 Å². The molecule has 20 heavy (non-hydrogen) atoms. The molecule has 1 aromatic heterocycles. The van der Waals surface area contributed by atoms with Gasteiger partial charge in [-0.1, -0.05) is 0 Å². The second-order valence-corrected chi connectivity index (χ2v) is 6.58. The van der Waals surface area contributed by atoms with Crippen molar-refractivity contribution in [3.8, 4) is 0 Å². The van der Waals surface area contributed by atoms with Crippen molar-refractivity contribution in [3.05, 3.63) is 16.4 Å². The quantitative estimate of drug-likeness (QED) is 0.823. The molecule has 1 saturated heterocycles. The molecular weight excluding hydrogens is 320 g/mol. The summed E-state index contributed by atoms with van der Waals surface area (Å²) in [5, 5.41) is 4.42. The first-order valence-corrected chi connectivity index (χ1v) is 8.10. The predicted molar refractivity (Wildman–Crippen MR) is 83.6 cm³/mol. The molecule has 6 heteroatoms. The molecule has 0 radical (unpaired) electrons. The number of halogens is 1. The van der Waals surface area contributed by atoms with Gasteiger partial charge in [-0.15, -0.1) is 0 Å². The van der Waals surface area contributed by atoms with Gasteiger partial charge in [0.2, 0.25) is 0 Å². The van der Waals surface area contributed by atoms with Crippen LogP contribution < -0.4 is 5.73 Å². The summed E-state index contributed by atoms with van der Waals surface area (Å²) in [7, 11) is 4.13. The highest BCUT2D eigenvalue weighted by atomic mass is 79.9. The van der Waals surface area contributed by atoms with Gasteiger partial charge in [0.25, 0.3) is 0 Å². The lowest BCUT2D eigenvalue weighted by Crippen LogP contribution is -2.23. The highest BCUT2D eigenvalue weighted by Crippen LogP contribution is 2.27. The van der Waals surface area contributed by atoms with Gasteiger partial charge in [-0.3, -0.25) is 4.68 Å². The Morgan fingerprint density at radius 3 is 3.05 bits per heavy atom. The Bertz CT molecular complexity index is 415. The predicted octanol–water partition coefficient (Wildman–Crippen LogP) is 2.17. The minimum absolute atomic E-state index is 0.0123. The van der Waals surface area contributed by atoms with Gasteiger partial charge < -0.3 is 15.4 Å². The Hall–Kier alpha value is -0.430. The van der Waals surface area contributed by atoms with Crippen molar-refractivity contribution in [1.82, 2.24) is 14.7 Å². The SMILES string of the molecule is CN(C)CCn1ncc(Br)c1C(N)CCC1CCCO1. The van der Waals surface area contributed by atoms with Crippen LogP contribution in [-0.4, -0.2) is 48.0 Å². The van der Waals surface area contributed by atoms with Crippen LogP contribution in [0.2, 0.25) is 0 Å². The highest BCUT2D eigenvalue weighted by Gasteiger charge is 2.20. The zero-order valence-electron chi connectivity index (χ0n) is 12.4. The van der Waals surface area contributed by atoms with Gasteiger partial charge >= 0.3 is 0 Å². The van der Waals surface area contributed by atoms with Gasteiger partial charge in [0.05, 0.1) is 29.0 Å². The van der Waals surface area contributed by atoms with E-state index in [9.17, 15) is 0 Å².